The van der Waals surface area contributed by atoms with E-state index < -0.39 is 12.2 Å². The fourth-order valence-corrected chi connectivity index (χ4v) is 1.40. The van der Waals surface area contributed by atoms with Gasteiger partial charge in [0.1, 0.15) is 6.17 Å². The van der Waals surface area contributed by atoms with E-state index in [0.29, 0.717) is 5.56 Å². The molecule has 0 heterocycles. The Balaban J connectivity index is 2.88. The number of nitrogens with two attached hydrogens (primary N) is 1. The van der Waals surface area contributed by atoms with Gasteiger partial charge in [-0.3, -0.25) is 0 Å². The van der Waals surface area contributed by atoms with E-state index in [1.54, 1.807) is 25.1 Å². The van der Waals surface area contributed by atoms with Gasteiger partial charge in [-0.05, 0) is 24.6 Å². The van der Waals surface area contributed by atoms with Crippen molar-refractivity contribution in [1.82, 2.24) is 0 Å². The Kier molecular flexibility index (Phi) is 3.23. The maximum Gasteiger partial charge on any atom is 0.140 e. The predicted molar refractivity (Wildman–Crippen MR) is 51.6 cm³/mol. The van der Waals surface area contributed by atoms with Crippen molar-refractivity contribution in [3.8, 4) is 0 Å². The summed E-state index contributed by atoms with van der Waals surface area (Å²) in [5.74, 6) is 0. The Hall–Kier alpha value is -0.410. The summed E-state index contributed by atoms with van der Waals surface area (Å²) in [4.78, 5) is 0. The third-order valence-electron chi connectivity index (χ3n) is 1.63. The van der Waals surface area contributed by atoms with Gasteiger partial charge in [0.2, 0.25) is 0 Å². The number of hydrogen-bond acceptors (Lipinski definition) is 1. The van der Waals surface area contributed by atoms with Crippen LogP contribution in [0.25, 0.3) is 0 Å². The summed E-state index contributed by atoms with van der Waals surface area (Å²) >= 11 is 3.27. The van der Waals surface area contributed by atoms with Crippen molar-refractivity contribution >= 4 is 15.9 Å². The van der Waals surface area contributed by atoms with Crippen molar-refractivity contribution in [3.63, 3.8) is 0 Å². The maximum absolute atomic E-state index is 13.3. The summed E-state index contributed by atoms with van der Waals surface area (Å²) in [6, 6.07) is 6.68. The van der Waals surface area contributed by atoms with Gasteiger partial charge in [0.25, 0.3) is 0 Å². The third kappa shape index (κ3) is 2.29. The zero-order chi connectivity index (χ0) is 9.14. The standard InChI is InChI=1S/C9H11BrFN/c1-6(12)9(11)7-3-2-4-8(10)5-7/h2-6,9H,12H2,1H3/t6-,9-/m0/s1. The van der Waals surface area contributed by atoms with Crippen LogP contribution in [0.1, 0.15) is 18.7 Å². The molecular formula is C9H11BrFN. The van der Waals surface area contributed by atoms with E-state index in [4.69, 9.17) is 5.73 Å². The molecule has 0 fully saturated rings. The average Bonchev–Trinajstić information content (AvgIpc) is 2.03. The van der Waals surface area contributed by atoms with Crippen molar-refractivity contribution in [2.45, 2.75) is 19.1 Å². The Morgan fingerprint density at radius 2 is 2.17 bits per heavy atom. The lowest BCUT2D eigenvalue weighted by Gasteiger charge is -2.11. The topological polar surface area (TPSA) is 26.0 Å². The average molecular weight is 232 g/mol. The van der Waals surface area contributed by atoms with E-state index in [-0.39, 0.29) is 0 Å². The molecule has 0 saturated heterocycles. The van der Waals surface area contributed by atoms with E-state index in [1.807, 2.05) is 6.07 Å². The zero-order valence-corrected chi connectivity index (χ0v) is 8.38. The lowest BCUT2D eigenvalue weighted by molar-refractivity contribution is 0.300. The molecule has 12 heavy (non-hydrogen) atoms. The minimum Gasteiger partial charge on any atom is -0.325 e. The third-order valence-corrected chi connectivity index (χ3v) is 2.12. The van der Waals surface area contributed by atoms with Crippen LogP contribution in [0, 0.1) is 0 Å². The van der Waals surface area contributed by atoms with Crippen LogP contribution in [0.5, 0.6) is 0 Å². The molecule has 0 aliphatic heterocycles. The monoisotopic (exact) mass is 231 g/mol. The number of halogens is 2. The van der Waals surface area contributed by atoms with Crippen LogP contribution in [-0.4, -0.2) is 6.04 Å². The Morgan fingerprint density at radius 1 is 1.50 bits per heavy atom. The van der Waals surface area contributed by atoms with Gasteiger partial charge < -0.3 is 5.73 Å². The van der Waals surface area contributed by atoms with E-state index >= 15 is 0 Å². The van der Waals surface area contributed by atoms with Gasteiger partial charge in [0.05, 0.1) is 0 Å². The van der Waals surface area contributed by atoms with Crippen LogP contribution in [0.3, 0.4) is 0 Å². The van der Waals surface area contributed by atoms with E-state index in [9.17, 15) is 4.39 Å². The van der Waals surface area contributed by atoms with Crippen molar-refractivity contribution in [2.75, 3.05) is 0 Å². The van der Waals surface area contributed by atoms with Crippen molar-refractivity contribution in [2.24, 2.45) is 5.73 Å². The van der Waals surface area contributed by atoms with Gasteiger partial charge in [-0.2, -0.15) is 0 Å². The lowest BCUT2D eigenvalue weighted by atomic mass is 10.1. The first-order chi connectivity index (χ1) is 5.61. The van der Waals surface area contributed by atoms with Crippen LogP contribution in [-0.2, 0) is 0 Å². The lowest BCUT2D eigenvalue weighted by Crippen LogP contribution is -2.21. The predicted octanol–water partition coefficient (Wildman–Crippen LogP) is 2.81. The number of benzene rings is 1. The summed E-state index contributed by atoms with van der Waals surface area (Å²) in [7, 11) is 0. The second-order valence-electron chi connectivity index (χ2n) is 2.82. The van der Waals surface area contributed by atoms with Crippen LogP contribution in [0.15, 0.2) is 28.7 Å². The van der Waals surface area contributed by atoms with Crippen LogP contribution < -0.4 is 5.73 Å². The van der Waals surface area contributed by atoms with E-state index in [2.05, 4.69) is 15.9 Å². The summed E-state index contributed by atoms with van der Waals surface area (Å²) in [5, 5.41) is 0. The van der Waals surface area contributed by atoms with Gasteiger partial charge in [-0.1, -0.05) is 28.1 Å². The van der Waals surface area contributed by atoms with E-state index in [1.165, 1.54) is 0 Å². The SMILES string of the molecule is C[C@H](N)[C@H](F)c1cccc(Br)c1. The molecule has 0 amide bonds. The van der Waals surface area contributed by atoms with Gasteiger partial charge in [-0.15, -0.1) is 0 Å². The van der Waals surface area contributed by atoms with Gasteiger partial charge >= 0.3 is 0 Å². The highest BCUT2D eigenvalue weighted by atomic mass is 79.9. The van der Waals surface area contributed by atoms with Crippen molar-refractivity contribution in [3.05, 3.63) is 34.3 Å². The summed E-state index contributed by atoms with van der Waals surface area (Å²) in [6.45, 7) is 1.66. The highest BCUT2D eigenvalue weighted by molar-refractivity contribution is 9.10. The van der Waals surface area contributed by atoms with Gasteiger partial charge in [0, 0.05) is 10.5 Å². The first kappa shape index (κ1) is 9.68. The molecule has 0 aliphatic rings. The van der Waals surface area contributed by atoms with Gasteiger partial charge in [0.15, 0.2) is 0 Å². The molecule has 66 valence electrons. The smallest absolute Gasteiger partial charge is 0.140 e. The normalized spacial score (nSPS) is 15.7. The fraction of sp³-hybridized carbons (Fsp3) is 0.333. The quantitative estimate of drug-likeness (QED) is 0.833. The molecule has 0 unspecified atom stereocenters. The van der Waals surface area contributed by atoms with Gasteiger partial charge in [-0.25, -0.2) is 4.39 Å². The minimum atomic E-state index is -1.08. The molecule has 2 atom stereocenters. The maximum atomic E-state index is 13.3. The molecule has 0 aromatic heterocycles. The fourth-order valence-electron chi connectivity index (χ4n) is 0.982. The molecule has 0 spiro atoms. The molecule has 1 rings (SSSR count). The van der Waals surface area contributed by atoms with Crippen molar-refractivity contribution in [1.29, 1.82) is 0 Å². The van der Waals surface area contributed by atoms with Crippen LogP contribution >= 0.6 is 15.9 Å². The second-order valence-corrected chi connectivity index (χ2v) is 3.73. The molecule has 3 heteroatoms. The van der Waals surface area contributed by atoms with Crippen LogP contribution in [0.4, 0.5) is 4.39 Å². The molecule has 0 bridgehead atoms. The summed E-state index contributed by atoms with van der Waals surface area (Å²) < 4.78 is 14.2. The molecule has 2 N–H and O–H groups in total. The molecule has 0 aliphatic carbocycles. The first-order valence-electron chi connectivity index (χ1n) is 3.76. The number of hydrogen-bond donors (Lipinski definition) is 1. The minimum absolute atomic E-state index is 0.459. The summed E-state index contributed by atoms with van der Waals surface area (Å²) in [5.41, 5.74) is 6.05. The Bertz CT molecular complexity index is 262. The Morgan fingerprint density at radius 3 is 2.67 bits per heavy atom. The number of rotatable bonds is 2. The molecule has 1 aromatic rings. The van der Waals surface area contributed by atoms with Crippen LogP contribution in [0.2, 0.25) is 0 Å². The molecule has 1 nitrogen and oxygen atoms in total. The summed E-state index contributed by atoms with van der Waals surface area (Å²) in [6.07, 6.45) is -1.08. The number of alkyl halides is 1. The Labute approximate surface area is 79.9 Å². The molecule has 0 radical (unpaired) electrons. The second kappa shape index (κ2) is 4.01. The van der Waals surface area contributed by atoms with E-state index in [0.717, 1.165) is 4.47 Å². The largest absolute Gasteiger partial charge is 0.325 e. The molecule has 0 saturated carbocycles. The molecule has 1 aromatic carbocycles. The zero-order valence-electron chi connectivity index (χ0n) is 6.80. The highest BCUT2D eigenvalue weighted by Gasteiger charge is 2.13. The van der Waals surface area contributed by atoms with Crippen molar-refractivity contribution < 1.29 is 4.39 Å². The highest BCUT2D eigenvalue weighted by Crippen LogP contribution is 2.22. The first-order valence-corrected chi connectivity index (χ1v) is 4.55. The molecular weight excluding hydrogens is 221 g/mol.